The molecular formula is C41H61NO11. The number of methoxy groups -OCH3 is 1. The summed E-state index contributed by atoms with van der Waals surface area (Å²) in [6, 6.07) is 17.9. The van der Waals surface area contributed by atoms with Crippen molar-refractivity contribution in [2.75, 3.05) is 34.2 Å². The fourth-order valence-corrected chi connectivity index (χ4v) is 5.33. The second kappa shape index (κ2) is 25.9. The van der Waals surface area contributed by atoms with Crippen LogP contribution < -0.4 is 0 Å². The monoisotopic (exact) mass is 743 g/mol. The van der Waals surface area contributed by atoms with E-state index in [-0.39, 0.29) is 39.0 Å². The van der Waals surface area contributed by atoms with Crippen molar-refractivity contribution in [1.82, 2.24) is 4.90 Å². The lowest BCUT2D eigenvalue weighted by Gasteiger charge is -2.31. The first kappa shape index (κ1) is 45.2. The number of carbonyl (C=O) groups is 4. The van der Waals surface area contributed by atoms with E-state index in [2.05, 4.69) is 6.92 Å². The van der Waals surface area contributed by atoms with E-state index >= 15 is 0 Å². The number of esters is 3. The zero-order valence-electron chi connectivity index (χ0n) is 32.7. The minimum absolute atomic E-state index is 0.0486. The molecule has 296 valence electrons. The fraction of sp³-hybridized carbons (Fsp3) is 0.610. The third kappa shape index (κ3) is 17.6. The van der Waals surface area contributed by atoms with Gasteiger partial charge in [-0.2, -0.15) is 0 Å². The number of amides is 1. The van der Waals surface area contributed by atoms with Crippen LogP contribution in [-0.2, 0) is 60.8 Å². The molecule has 53 heavy (non-hydrogen) atoms. The molecule has 12 heteroatoms. The molecule has 0 aliphatic rings. The Hall–Kier alpha value is -4.00. The van der Waals surface area contributed by atoms with Crippen LogP contribution in [0.25, 0.3) is 0 Å². The number of carbonyl (C=O) groups excluding carboxylic acids is 4. The van der Waals surface area contributed by atoms with Gasteiger partial charge in [-0.25, -0.2) is 9.59 Å². The molecule has 0 fully saturated rings. The molecule has 0 saturated carbocycles. The van der Waals surface area contributed by atoms with E-state index in [4.69, 9.17) is 33.2 Å². The molecule has 0 saturated heterocycles. The Labute approximate surface area is 315 Å². The number of nitrogens with zero attached hydrogens (tertiary/aromatic N) is 1. The number of ether oxygens (including phenoxy) is 7. The van der Waals surface area contributed by atoms with Crippen molar-refractivity contribution in [3.05, 3.63) is 71.8 Å². The number of hydrogen-bond acceptors (Lipinski definition) is 11. The Kier molecular flexibility index (Phi) is 22.1. The maximum absolute atomic E-state index is 13.6. The summed E-state index contributed by atoms with van der Waals surface area (Å²) in [6.07, 6.45) is 1.59. The molecule has 2 aromatic rings. The average Bonchev–Trinajstić information content (AvgIpc) is 3.16. The van der Waals surface area contributed by atoms with Gasteiger partial charge in [-0.15, -0.1) is 0 Å². The highest BCUT2D eigenvalue weighted by Crippen LogP contribution is 2.23. The van der Waals surface area contributed by atoms with Crippen molar-refractivity contribution in [3.8, 4) is 0 Å². The van der Waals surface area contributed by atoms with E-state index < -0.39 is 54.3 Å². The number of rotatable bonds is 26. The first-order valence-electron chi connectivity index (χ1n) is 18.7. The van der Waals surface area contributed by atoms with Gasteiger partial charge >= 0.3 is 24.0 Å². The molecule has 5 atom stereocenters. The van der Waals surface area contributed by atoms with Crippen molar-refractivity contribution >= 4 is 24.0 Å². The van der Waals surface area contributed by atoms with Crippen LogP contribution in [-0.4, -0.2) is 87.4 Å². The molecule has 1 amide bonds. The van der Waals surface area contributed by atoms with Gasteiger partial charge < -0.3 is 38.1 Å². The van der Waals surface area contributed by atoms with Gasteiger partial charge in [-0.3, -0.25) is 9.59 Å². The molecule has 0 radical (unpaired) electrons. The molecule has 12 nitrogen and oxygen atoms in total. The fourth-order valence-electron chi connectivity index (χ4n) is 5.33. The first-order chi connectivity index (χ1) is 25.5. The summed E-state index contributed by atoms with van der Waals surface area (Å²) in [5, 5.41) is 0. The molecule has 0 aromatic heterocycles. The molecule has 0 heterocycles. The third-order valence-electron chi connectivity index (χ3n) is 8.92. The normalized spacial score (nSPS) is 14.0. The van der Waals surface area contributed by atoms with Crippen molar-refractivity contribution in [1.29, 1.82) is 0 Å². The quantitative estimate of drug-likeness (QED) is 0.0417. The highest BCUT2D eigenvalue weighted by atomic mass is 16.7. The second-order valence-electron chi connectivity index (χ2n) is 13.5. The summed E-state index contributed by atoms with van der Waals surface area (Å²) in [4.78, 5) is 54.5. The van der Waals surface area contributed by atoms with Gasteiger partial charge in [-0.05, 0) is 37.8 Å². The topological polar surface area (TPSA) is 136 Å². The second-order valence-corrected chi connectivity index (χ2v) is 13.5. The van der Waals surface area contributed by atoms with Crippen LogP contribution in [0.15, 0.2) is 60.7 Å². The van der Waals surface area contributed by atoms with Crippen LogP contribution in [0.3, 0.4) is 0 Å². The Bertz CT molecular complexity index is 1320. The average molecular weight is 744 g/mol. The molecule has 0 bridgehead atoms. The summed E-state index contributed by atoms with van der Waals surface area (Å²) in [6.45, 7) is 9.65. The maximum Gasteiger partial charge on any atom is 0.410 e. The molecule has 0 aliphatic heterocycles. The van der Waals surface area contributed by atoms with E-state index in [0.717, 1.165) is 43.2 Å². The van der Waals surface area contributed by atoms with Crippen LogP contribution in [0.1, 0.15) is 90.7 Å². The van der Waals surface area contributed by atoms with Gasteiger partial charge in [0, 0.05) is 20.1 Å². The Morgan fingerprint density at radius 1 is 0.717 bits per heavy atom. The molecule has 2 aromatic carbocycles. The molecular weight excluding hydrogens is 682 g/mol. The van der Waals surface area contributed by atoms with Gasteiger partial charge in [-0.1, -0.05) is 107 Å². The predicted octanol–water partition coefficient (Wildman–Crippen LogP) is 7.26. The first-order valence-corrected chi connectivity index (χ1v) is 18.7. The lowest BCUT2D eigenvalue weighted by Crippen LogP contribution is -2.46. The van der Waals surface area contributed by atoms with Gasteiger partial charge in [0.2, 0.25) is 6.10 Å². The van der Waals surface area contributed by atoms with Crippen LogP contribution in [0.5, 0.6) is 0 Å². The zero-order chi connectivity index (χ0) is 39.0. The number of benzene rings is 2. The van der Waals surface area contributed by atoms with E-state index in [1.807, 2.05) is 60.7 Å². The summed E-state index contributed by atoms with van der Waals surface area (Å²) in [7, 11) is 3.12. The van der Waals surface area contributed by atoms with Gasteiger partial charge in [0.1, 0.15) is 26.1 Å². The minimum Gasteiger partial charge on any atom is -0.461 e. The largest absolute Gasteiger partial charge is 0.461 e. The Balaban J connectivity index is 2.15. The Morgan fingerprint density at radius 2 is 1.32 bits per heavy atom. The van der Waals surface area contributed by atoms with E-state index in [9.17, 15) is 19.2 Å². The van der Waals surface area contributed by atoms with Gasteiger partial charge in [0.05, 0.1) is 37.7 Å². The smallest absolute Gasteiger partial charge is 0.410 e. The van der Waals surface area contributed by atoms with E-state index in [1.165, 1.54) is 4.90 Å². The van der Waals surface area contributed by atoms with Crippen LogP contribution >= 0.6 is 0 Å². The van der Waals surface area contributed by atoms with Crippen molar-refractivity contribution in [2.45, 2.75) is 117 Å². The third-order valence-corrected chi connectivity index (χ3v) is 8.92. The van der Waals surface area contributed by atoms with E-state index in [0.29, 0.717) is 13.0 Å². The highest BCUT2D eigenvalue weighted by molar-refractivity contribution is 5.81. The number of hydrogen-bond donors (Lipinski definition) is 0. The summed E-state index contributed by atoms with van der Waals surface area (Å²) in [5.74, 6) is -3.17. The SMILES string of the molecule is CCCCCCCC(OC(=O)CC(OCOCCOC)C(C)N(C)C(=O)OCc1ccccc1)C(C)C(=O)OC(C(=O)OCc1ccccc1)C(C)C. The summed E-state index contributed by atoms with van der Waals surface area (Å²) < 4.78 is 39.2. The molecule has 0 spiro atoms. The number of likely N-dealkylation sites (N-methyl/N-ethyl adjacent to an activating group) is 1. The maximum atomic E-state index is 13.6. The van der Waals surface area contributed by atoms with Crippen molar-refractivity contribution < 1.29 is 52.3 Å². The minimum atomic E-state index is -1.14. The molecule has 2 rings (SSSR count). The molecule has 0 aliphatic carbocycles. The van der Waals surface area contributed by atoms with Crippen LogP contribution in [0.2, 0.25) is 0 Å². The Morgan fingerprint density at radius 3 is 1.91 bits per heavy atom. The van der Waals surface area contributed by atoms with Crippen molar-refractivity contribution in [2.24, 2.45) is 11.8 Å². The summed E-state index contributed by atoms with van der Waals surface area (Å²) >= 11 is 0. The summed E-state index contributed by atoms with van der Waals surface area (Å²) in [5.41, 5.74) is 1.65. The predicted molar refractivity (Wildman–Crippen MR) is 199 cm³/mol. The van der Waals surface area contributed by atoms with E-state index in [1.54, 1.807) is 41.9 Å². The molecule has 0 N–H and O–H groups in total. The van der Waals surface area contributed by atoms with Crippen molar-refractivity contribution in [3.63, 3.8) is 0 Å². The van der Waals surface area contributed by atoms with Gasteiger partial charge in [0.25, 0.3) is 0 Å². The highest BCUT2D eigenvalue weighted by Gasteiger charge is 2.36. The lowest BCUT2D eigenvalue weighted by molar-refractivity contribution is -0.179. The standard InChI is InChI=1S/C41H61NO11/c1-8-9-10-11-18-23-35(31(4)39(44)53-38(30(2)3)40(45)49-27-33-19-14-12-15-20-33)52-37(43)26-36(51-29-48-25-24-47-7)32(5)42(6)41(46)50-28-34-21-16-13-17-22-34/h12-17,19-22,30-32,35-36,38H,8-11,18,23-29H2,1-7H3. The zero-order valence-corrected chi connectivity index (χ0v) is 32.7. The van der Waals surface area contributed by atoms with Gasteiger partial charge in [0.15, 0.2) is 0 Å². The molecule has 5 unspecified atom stereocenters. The number of unbranched alkanes of at least 4 members (excludes halogenated alkanes) is 4. The van der Waals surface area contributed by atoms with Crippen LogP contribution in [0, 0.1) is 11.8 Å². The van der Waals surface area contributed by atoms with Crippen LogP contribution in [0.4, 0.5) is 4.79 Å². The lowest BCUT2D eigenvalue weighted by atomic mass is 9.97.